The number of ether oxygens (including phenoxy) is 1. The van der Waals surface area contributed by atoms with E-state index in [1.807, 2.05) is 11.4 Å². The molecule has 94 valence electrons. The van der Waals surface area contributed by atoms with Crippen LogP contribution in [0.15, 0.2) is 11.4 Å². The normalized spacial score (nSPS) is 17.5. The van der Waals surface area contributed by atoms with Gasteiger partial charge in [-0.3, -0.25) is 4.79 Å². The van der Waals surface area contributed by atoms with Gasteiger partial charge in [0.1, 0.15) is 0 Å². The minimum absolute atomic E-state index is 0.0241. The van der Waals surface area contributed by atoms with E-state index in [2.05, 4.69) is 17.6 Å². The molecule has 2 N–H and O–H groups in total. The Morgan fingerprint density at radius 1 is 1.59 bits per heavy atom. The van der Waals surface area contributed by atoms with E-state index >= 15 is 0 Å². The van der Waals surface area contributed by atoms with Crippen molar-refractivity contribution in [3.8, 4) is 0 Å². The standard InChI is InChI=1S/C12H18N2O2S/c1-9(15)14-10-3-4-17-11(10)5-13-6-12(2)7-16-8-12/h3-4,13H,5-8H2,1-2H3,(H,14,15). The molecule has 1 aromatic rings. The molecule has 2 rings (SSSR count). The molecule has 0 radical (unpaired) electrons. The molecule has 1 fully saturated rings. The lowest BCUT2D eigenvalue weighted by atomic mass is 9.89. The summed E-state index contributed by atoms with van der Waals surface area (Å²) in [6, 6.07) is 1.94. The van der Waals surface area contributed by atoms with Gasteiger partial charge in [0.25, 0.3) is 0 Å². The largest absolute Gasteiger partial charge is 0.380 e. The number of carbonyl (C=O) groups is 1. The average molecular weight is 254 g/mol. The second-order valence-corrected chi connectivity index (χ2v) is 5.85. The zero-order valence-corrected chi connectivity index (χ0v) is 11.0. The maximum atomic E-state index is 11.0. The van der Waals surface area contributed by atoms with Gasteiger partial charge in [-0.15, -0.1) is 11.3 Å². The second-order valence-electron chi connectivity index (χ2n) is 4.85. The van der Waals surface area contributed by atoms with E-state index in [-0.39, 0.29) is 11.3 Å². The molecule has 0 saturated carbocycles. The van der Waals surface area contributed by atoms with Gasteiger partial charge < -0.3 is 15.4 Å². The first-order chi connectivity index (χ1) is 8.09. The summed E-state index contributed by atoms with van der Waals surface area (Å²) in [6.07, 6.45) is 0. The quantitative estimate of drug-likeness (QED) is 0.843. The fraction of sp³-hybridized carbons (Fsp3) is 0.583. The highest BCUT2D eigenvalue weighted by Crippen LogP contribution is 2.26. The number of hydrogen-bond acceptors (Lipinski definition) is 4. The third-order valence-electron chi connectivity index (χ3n) is 2.79. The number of thiophene rings is 1. The SMILES string of the molecule is CC(=O)Nc1ccsc1CNCC1(C)COC1. The molecule has 0 spiro atoms. The predicted octanol–water partition coefficient (Wildman–Crippen LogP) is 1.83. The Morgan fingerprint density at radius 2 is 2.35 bits per heavy atom. The van der Waals surface area contributed by atoms with Gasteiger partial charge in [0.2, 0.25) is 5.91 Å². The van der Waals surface area contributed by atoms with Gasteiger partial charge in [-0.25, -0.2) is 0 Å². The van der Waals surface area contributed by atoms with Crippen LogP contribution in [-0.2, 0) is 16.1 Å². The number of hydrogen-bond donors (Lipinski definition) is 2. The number of anilines is 1. The second kappa shape index (κ2) is 5.16. The van der Waals surface area contributed by atoms with Crippen molar-refractivity contribution in [2.75, 3.05) is 25.1 Å². The minimum atomic E-state index is -0.0241. The Balaban J connectivity index is 1.82. The van der Waals surface area contributed by atoms with Gasteiger partial charge in [0, 0.05) is 30.3 Å². The Bertz CT molecular complexity index is 399. The zero-order chi connectivity index (χ0) is 12.3. The molecule has 17 heavy (non-hydrogen) atoms. The van der Waals surface area contributed by atoms with Crippen molar-refractivity contribution in [1.82, 2.24) is 5.32 Å². The molecule has 1 saturated heterocycles. The van der Waals surface area contributed by atoms with E-state index in [1.165, 1.54) is 11.8 Å². The van der Waals surface area contributed by atoms with Crippen LogP contribution < -0.4 is 10.6 Å². The summed E-state index contributed by atoms with van der Waals surface area (Å²) in [5.74, 6) is -0.0241. The molecular weight excluding hydrogens is 236 g/mol. The van der Waals surface area contributed by atoms with Crippen LogP contribution in [0.2, 0.25) is 0 Å². The van der Waals surface area contributed by atoms with Gasteiger partial charge in [0.05, 0.1) is 18.9 Å². The van der Waals surface area contributed by atoms with Crippen LogP contribution >= 0.6 is 11.3 Å². The van der Waals surface area contributed by atoms with Crippen LogP contribution in [-0.4, -0.2) is 25.7 Å². The van der Waals surface area contributed by atoms with Crippen molar-refractivity contribution in [1.29, 1.82) is 0 Å². The van der Waals surface area contributed by atoms with E-state index < -0.39 is 0 Å². The van der Waals surface area contributed by atoms with Crippen molar-refractivity contribution >= 4 is 22.9 Å². The van der Waals surface area contributed by atoms with Crippen molar-refractivity contribution in [2.45, 2.75) is 20.4 Å². The third kappa shape index (κ3) is 3.28. The number of rotatable bonds is 5. The lowest BCUT2D eigenvalue weighted by Gasteiger charge is -2.38. The molecule has 1 aromatic heterocycles. The highest BCUT2D eigenvalue weighted by Gasteiger charge is 2.32. The molecule has 1 aliphatic rings. The van der Waals surface area contributed by atoms with Crippen molar-refractivity contribution in [2.24, 2.45) is 5.41 Å². The minimum Gasteiger partial charge on any atom is -0.380 e. The van der Waals surface area contributed by atoms with Gasteiger partial charge in [-0.1, -0.05) is 6.92 Å². The maximum Gasteiger partial charge on any atom is 0.221 e. The van der Waals surface area contributed by atoms with E-state index in [1.54, 1.807) is 11.3 Å². The lowest BCUT2D eigenvalue weighted by Crippen LogP contribution is -2.47. The van der Waals surface area contributed by atoms with E-state index in [4.69, 9.17) is 4.74 Å². The van der Waals surface area contributed by atoms with Crippen molar-refractivity contribution in [3.05, 3.63) is 16.3 Å². The number of amides is 1. The van der Waals surface area contributed by atoms with Crippen molar-refractivity contribution < 1.29 is 9.53 Å². The molecule has 0 aliphatic carbocycles. The molecule has 0 aromatic carbocycles. The first-order valence-corrected chi connectivity index (χ1v) is 6.59. The molecule has 0 unspecified atom stereocenters. The van der Waals surface area contributed by atoms with Crippen molar-refractivity contribution in [3.63, 3.8) is 0 Å². The van der Waals surface area contributed by atoms with Crippen LogP contribution in [0, 0.1) is 5.41 Å². The third-order valence-corrected chi connectivity index (χ3v) is 3.72. The summed E-state index contributed by atoms with van der Waals surface area (Å²) in [7, 11) is 0. The average Bonchev–Trinajstić information content (AvgIpc) is 2.62. The van der Waals surface area contributed by atoms with Crippen LogP contribution in [0.1, 0.15) is 18.7 Å². The van der Waals surface area contributed by atoms with Crippen LogP contribution in [0.5, 0.6) is 0 Å². The molecule has 0 atom stereocenters. The molecule has 4 nitrogen and oxygen atoms in total. The predicted molar refractivity (Wildman–Crippen MR) is 69.3 cm³/mol. The highest BCUT2D eigenvalue weighted by molar-refractivity contribution is 7.10. The van der Waals surface area contributed by atoms with Gasteiger partial charge in [-0.2, -0.15) is 0 Å². The Labute approximate surface area is 105 Å². The Hall–Kier alpha value is -0.910. The molecule has 0 bridgehead atoms. The Kier molecular flexibility index (Phi) is 3.81. The molecule has 1 aliphatic heterocycles. The highest BCUT2D eigenvalue weighted by atomic mass is 32.1. The van der Waals surface area contributed by atoms with E-state index in [0.29, 0.717) is 0 Å². The summed E-state index contributed by atoms with van der Waals surface area (Å²) < 4.78 is 5.21. The lowest BCUT2D eigenvalue weighted by molar-refractivity contribution is -0.114. The van der Waals surface area contributed by atoms with Gasteiger partial charge in [0.15, 0.2) is 0 Å². The summed E-state index contributed by atoms with van der Waals surface area (Å²) >= 11 is 1.66. The van der Waals surface area contributed by atoms with Crippen LogP contribution in [0.3, 0.4) is 0 Å². The molecule has 5 heteroatoms. The number of nitrogens with one attached hydrogen (secondary N) is 2. The zero-order valence-electron chi connectivity index (χ0n) is 10.2. The van der Waals surface area contributed by atoms with Crippen LogP contribution in [0.4, 0.5) is 5.69 Å². The first kappa shape index (κ1) is 12.5. The first-order valence-electron chi connectivity index (χ1n) is 5.71. The summed E-state index contributed by atoms with van der Waals surface area (Å²) in [6.45, 7) is 7.16. The smallest absolute Gasteiger partial charge is 0.221 e. The topological polar surface area (TPSA) is 50.4 Å². The molecule has 1 amide bonds. The van der Waals surface area contributed by atoms with E-state index in [9.17, 15) is 4.79 Å². The van der Waals surface area contributed by atoms with Gasteiger partial charge in [-0.05, 0) is 11.4 Å². The Morgan fingerprint density at radius 3 is 2.94 bits per heavy atom. The summed E-state index contributed by atoms with van der Waals surface area (Å²) in [5.41, 5.74) is 1.20. The fourth-order valence-electron chi connectivity index (χ4n) is 1.81. The molecule has 2 heterocycles. The van der Waals surface area contributed by atoms with Crippen LogP contribution in [0.25, 0.3) is 0 Å². The monoisotopic (exact) mass is 254 g/mol. The fourth-order valence-corrected chi connectivity index (χ4v) is 2.61. The summed E-state index contributed by atoms with van der Waals surface area (Å²) in [5, 5.41) is 8.26. The molecular formula is C12H18N2O2S. The van der Waals surface area contributed by atoms with Gasteiger partial charge >= 0.3 is 0 Å². The maximum absolute atomic E-state index is 11.0. The number of carbonyl (C=O) groups excluding carboxylic acids is 1. The summed E-state index contributed by atoms with van der Waals surface area (Å²) in [4.78, 5) is 12.2. The van der Waals surface area contributed by atoms with E-state index in [0.717, 1.165) is 32.0 Å².